The van der Waals surface area contributed by atoms with Crippen LogP contribution >= 0.6 is 0 Å². The monoisotopic (exact) mass is 312 g/mol. The quantitative estimate of drug-likeness (QED) is 0.762. The highest BCUT2D eigenvalue weighted by Crippen LogP contribution is 2.30. The topological polar surface area (TPSA) is 82.4 Å². The molecule has 7 heteroatoms. The zero-order valence-electron chi connectivity index (χ0n) is 13.1. The Labute approximate surface area is 134 Å². The predicted octanol–water partition coefficient (Wildman–Crippen LogP) is 1.45. The maximum absolute atomic E-state index is 6.02. The van der Waals surface area contributed by atoms with Crippen LogP contribution in [0.25, 0.3) is 16.9 Å². The lowest BCUT2D eigenvalue weighted by Crippen LogP contribution is -2.28. The van der Waals surface area contributed by atoms with Crippen molar-refractivity contribution in [3.05, 3.63) is 30.7 Å². The number of hydrogen-bond donors (Lipinski definition) is 2. The molecular weight excluding hydrogens is 292 g/mol. The Morgan fingerprint density at radius 3 is 3.13 bits per heavy atom. The van der Waals surface area contributed by atoms with E-state index in [-0.39, 0.29) is 0 Å². The first-order valence-corrected chi connectivity index (χ1v) is 7.83. The van der Waals surface area contributed by atoms with Gasteiger partial charge in [0.2, 0.25) is 0 Å². The van der Waals surface area contributed by atoms with E-state index < -0.39 is 0 Å². The van der Waals surface area contributed by atoms with E-state index >= 15 is 0 Å². The number of rotatable bonds is 4. The SMILES string of the molecule is Cn1ncc(OC[C@H]2CCCN2)c1-c1ccc2nc(N)cn2c1. The van der Waals surface area contributed by atoms with Gasteiger partial charge >= 0.3 is 0 Å². The number of aromatic nitrogens is 4. The lowest BCUT2D eigenvalue weighted by Gasteiger charge is -2.13. The summed E-state index contributed by atoms with van der Waals surface area (Å²) in [6.45, 7) is 1.74. The first-order valence-electron chi connectivity index (χ1n) is 7.83. The Morgan fingerprint density at radius 2 is 2.30 bits per heavy atom. The van der Waals surface area contributed by atoms with Crippen molar-refractivity contribution in [2.24, 2.45) is 7.05 Å². The van der Waals surface area contributed by atoms with Crippen LogP contribution in [0.15, 0.2) is 30.7 Å². The summed E-state index contributed by atoms with van der Waals surface area (Å²) in [7, 11) is 1.92. The fourth-order valence-electron chi connectivity index (χ4n) is 3.09. The number of nitrogens with two attached hydrogens (primary N) is 1. The van der Waals surface area contributed by atoms with Gasteiger partial charge in [-0.1, -0.05) is 0 Å². The normalized spacial score (nSPS) is 17.9. The Morgan fingerprint density at radius 1 is 1.39 bits per heavy atom. The van der Waals surface area contributed by atoms with E-state index in [1.807, 2.05) is 34.5 Å². The third-order valence-corrected chi connectivity index (χ3v) is 4.25. The van der Waals surface area contributed by atoms with Gasteiger partial charge in [-0.3, -0.25) is 4.68 Å². The third-order valence-electron chi connectivity index (χ3n) is 4.25. The summed E-state index contributed by atoms with van der Waals surface area (Å²) in [5.41, 5.74) is 8.55. The molecule has 1 saturated heterocycles. The molecule has 0 unspecified atom stereocenters. The smallest absolute Gasteiger partial charge is 0.165 e. The molecule has 3 aromatic rings. The molecule has 1 aliphatic heterocycles. The highest BCUT2D eigenvalue weighted by Gasteiger charge is 2.18. The minimum absolute atomic E-state index is 0.430. The van der Waals surface area contributed by atoms with Gasteiger partial charge in [-0.05, 0) is 31.5 Å². The zero-order chi connectivity index (χ0) is 15.8. The summed E-state index contributed by atoms with van der Waals surface area (Å²) < 4.78 is 9.77. The molecule has 0 amide bonds. The molecule has 3 N–H and O–H groups in total. The Hall–Kier alpha value is -2.54. The number of fused-ring (bicyclic) bond motifs is 1. The van der Waals surface area contributed by atoms with Gasteiger partial charge in [0, 0.05) is 24.8 Å². The first kappa shape index (κ1) is 14.1. The first-order chi connectivity index (χ1) is 11.2. The van der Waals surface area contributed by atoms with Crippen molar-refractivity contribution in [2.45, 2.75) is 18.9 Å². The summed E-state index contributed by atoms with van der Waals surface area (Å²) in [5.74, 6) is 1.31. The maximum atomic E-state index is 6.02. The van der Waals surface area contributed by atoms with Crippen LogP contribution in [-0.4, -0.2) is 38.4 Å². The Bertz CT molecular complexity index is 830. The number of anilines is 1. The molecule has 1 atom stereocenters. The van der Waals surface area contributed by atoms with Crippen molar-refractivity contribution in [1.29, 1.82) is 0 Å². The average molecular weight is 312 g/mol. The number of pyridine rings is 1. The van der Waals surface area contributed by atoms with Gasteiger partial charge in [-0.15, -0.1) is 0 Å². The van der Waals surface area contributed by atoms with E-state index in [9.17, 15) is 0 Å². The van der Waals surface area contributed by atoms with E-state index in [4.69, 9.17) is 10.5 Å². The Balaban J connectivity index is 1.64. The maximum Gasteiger partial charge on any atom is 0.165 e. The van der Waals surface area contributed by atoms with Gasteiger partial charge in [0.1, 0.15) is 23.8 Å². The van der Waals surface area contributed by atoms with E-state index in [1.165, 1.54) is 6.42 Å². The number of ether oxygens (including phenoxy) is 1. The zero-order valence-corrected chi connectivity index (χ0v) is 13.1. The van der Waals surface area contributed by atoms with Gasteiger partial charge < -0.3 is 20.2 Å². The molecule has 1 fully saturated rings. The van der Waals surface area contributed by atoms with Crippen LogP contribution in [0, 0.1) is 0 Å². The second-order valence-corrected chi connectivity index (χ2v) is 5.93. The molecule has 4 rings (SSSR count). The predicted molar refractivity (Wildman–Crippen MR) is 88.3 cm³/mol. The number of nitrogen functional groups attached to an aromatic ring is 1. The standard InChI is InChI=1S/C16H20N6O/c1-21-16(11-4-5-15-20-14(17)9-22(15)8-11)13(7-19-21)23-10-12-3-2-6-18-12/h4-5,7-9,12,18H,2-3,6,10,17H2,1H3/t12-/m1/s1. The number of nitrogens with one attached hydrogen (secondary N) is 1. The number of imidazole rings is 1. The summed E-state index contributed by atoms with van der Waals surface area (Å²) in [6, 6.07) is 4.39. The largest absolute Gasteiger partial charge is 0.488 e. The summed E-state index contributed by atoms with van der Waals surface area (Å²) in [5, 5.41) is 7.79. The highest BCUT2D eigenvalue weighted by atomic mass is 16.5. The van der Waals surface area contributed by atoms with Gasteiger partial charge in [0.05, 0.1) is 12.4 Å². The molecule has 0 saturated carbocycles. The minimum Gasteiger partial charge on any atom is -0.488 e. The van der Waals surface area contributed by atoms with Crippen molar-refractivity contribution in [2.75, 3.05) is 18.9 Å². The number of nitrogens with zero attached hydrogens (tertiary/aromatic N) is 4. The van der Waals surface area contributed by atoms with Crippen molar-refractivity contribution in [3.63, 3.8) is 0 Å². The second-order valence-electron chi connectivity index (χ2n) is 5.93. The molecule has 4 heterocycles. The van der Waals surface area contributed by atoms with Gasteiger partial charge in [0.25, 0.3) is 0 Å². The molecule has 0 aromatic carbocycles. The van der Waals surface area contributed by atoms with Crippen LogP contribution in [0.1, 0.15) is 12.8 Å². The molecule has 23 heavy (non-hydrogen) atoms. The molecule has 3 aromatic heterocycles. The van der Waals surface area contributed by atoms with Crippen LogP contribution in [0.3, 0.4) is 0 Å². The summed E-state index contributed by atoms with van der Waals surface area (Å²) >= 11 is 0. The van der Waals surface area contributed by atoms with E-state index in [0.717, 1.165) is 35.6 Å². The van der Waals surface area contributed by atoms with E-state index in [1.54, 1.807) is 12.4 Å². The summed E-state index contributed by atoms with van der Waals surface area (Å²) in [6.07, 6.45) is 7.95. The number of aryl methyl sites for hydroxylation is 1. The van der Waals surface area contributed by atoms with E-state index in [0.29, 0.717) is 18.5 Å². The molecule has 0 aliphatic carbocycles. The van der Waals surface area contributed by atoms with Crippen molar-refractivity contribution >= 4 is 11.5 Å². The minimum atomic E-state index is 0.430. The lowest BCUT2D eigenvalue weighted by molar-refractivity contribution is 0.278. The molecule has 1 aliphatic rings. The van der Waals surface area contributed by atoms with Crippen LogP contribution in [0.2, 0.25) is 0 Å². The van der Waals surface area contributed by atoms with Crippen molar-refractivity contribution in [1.82, 2.24) is 24.5 Å². The van der Waals surface area contributed by atoms with Crippen molar-refractivity contribution < 1.29 is 4.74 Å². The molecule has 7 nitrogen and oxygen atoms in total. The fraction of sp³-hybridized carbons (Fsp3) is 0.375. The van der Waals surface area contributed by atoms with Gasteiger partial charge in [-0.2, -0.15) is 5.10 Å². The second kappa shape index (κ2) is 5.58. The molecule has 120 valence electrons. The van der Waals surface area contributed by atoms with Crippen molar-refractivity contribution in [3.8, 4) is 17.0 Å². The third kappa shape index (κ3) is 2.63. The summed E-state index contributed by atoms with van der Waals surface area (Å²) in [4.78, 5) is 4.25. The lowest BCUT2D eigenvalue weighted by atomic mass is 10.2. The molecule has 0 radical (unpaired) electrons. The van der Waals surface area contributed by atoms with Crippen LogP contribution in [0.4, 0.5) is 5.82 Å². The number of hydrogen-bond acceptors (Lipinski definition) is 5. The molecular formula is C16H20N6O. The van der Waals surface area contributed by atoms with Crippen LogP contribution < -0.4 is 15.8 Å². The molecule has 0 bridgehead atoms. The van der Waals surface area contributed by atoms with Crippen LogP contribution in [0.5, 0.6) is 5.75 Å². The average Bonchev–Trinajstić information content (AvgIpc) is 3.23. The van der Waals surface area contributed by atoms with Gasteiger partial charge in [-0.25, -0.2) is 4.98 Å². The fourth-order valence-corrected chi connectivity index (χ4v) is 3.09. The van der Waals surface area contributed by atoms with Crippen LogP contribution in [-0.2, 0) is 7.05 Å². The van der Waals surface area contributed by atoms with Gasteiger partial charge in [0.15, 0.2) is 5.75 Å². The highest BCUT2D eigenvalue weighted by molar-refractivity contribution is 5.67. The van der Waals surface area contributed by atoms with E-state index in [2.05, 4.69) is 15.4 Å². The molecule has 0 spiro atoms. The Kier molecular flexibility index (Phi) is 3.42.